The van der Waals surface area contributed by atoms with Gasteiger partial charge in [0.25, 0.3) is 0 Å². The number of aliphatic hydroxyl groups is 1. The van der Waals surface area contributed by atoms with E-state index in [0.717, 1.165) is 11.3 Å². The molecule has 2 amide bonds. The number of aliphatic hydroxyl groups excluding tert-OH is 1. The molecule has 0 aliphatic carbocycles. The predicted octanol–water partition coefficient (Wildman–Crippen LogP) is 2.87. The van der Waals surface area contributed by atoms with Crippen LogP contribution in [-0.2, 0) is 6.42 Å². The van der Waals surface area contributed by atoms with Crippen LogP contribution in [0.2, 0.25) is 0 Å². The number of anilines is 1. The van der Waals surface area contributed by atoms with Crippen molar-refractivity contribution in [1.29, 1.82) is 0 Å². The molecule has 114 valence electrons. The van der Waals surface area contributed by atoms with E-state index >= 15 is 0 Å². The third-order valence-corrected chi connectivity index (χ3v) is 4.32. The van der Waals surface area contributed by atoms with Gasteiger partial charge in [0, 0.05) is 23.0 Å². The Labute approximate surface area is 124 Å². The molecule has 0 saturated heterocycles. The molecule has 6 heteroatoms. The van der Waals surface area contributed by atoms with Gasteiger partial charge in [-0.3, -0.25) is 5.32 Å². The van der Waals surface area contributed by atoms with E-state index in [-0.39, 0.29) is 17.4 Å². The zero-order chi connectivity index (χ0) is 15.3. The molecule has 1 aromatic rings. The number of rotatable bonds is 6. The monoisotopic (exact) mass is 299 g/mol. The summed E-state index contributed by atoms with van der Waals surface area (Å²) < 4.78 is 0. The van der Waals surface area contributed by atoms with E-state index in [2.05, 4.69) is 15.6 Å². The lowest BCUT2D eigenvalue weighted by atomic mass is 9.81. The number of carbonyl (C=O) groups excluding carboxylic acids is 1. The van der Waals surface area contributed by atoms with Crippen LogP contribution in [0.4, 0.5) is 9.93 Å². The molecule has 1 heterocycles. The summed E-state index contributed by atoms with van der Waals surface area (Å²) in [5.41, 5.74) is -0.372. The zero-order valence-electron chi connectivity index (χ0n) is 12.9. The third kappa shape index (κ3) is 4.76. The maximum absolute atomic E-state index is 11.8. The number of hydrogen-bond acceptors (Lipinski definition) is 4. The molecule has 1 aromatic heterocycles. The van der Waals surface area contributed by atoms with Gasteiger partial charge in [-0.2, -0.15) is 0 Å². The van der Waals surface area contributed by atoms with Gasteiger partial charge in [0.05, 0.1) is 6.10 Å². The van der Waals surface area contributed by atoms with Crippen molar-refractivity contribution in [3.63, 3.8) is 0 Å². The number of nitrogens with zero attached hydrogens (tertiary/aromatic N) is 1. The Bertz CT molecular complexity index is 443. The van der Waals surface area contributed by atoms with Crippen molar-refractivity contribution in [2.24, 2.45) is 11.3 Å². The maximum atomic E-state index is 11.8. The van der Waals surface area contributed by atoms with E-state index < -0.39 is 6.10 Å². The SMILES string of the molecule is CCc1cnc(NC(=O)NCC(C)(C)C(O)C(C)C)s1. The first-order valence-corrected chi connectivity index (χ1v) is 7.75. The second-order valence-electron chi connectivity index (χ2n) is 5.97. The molecule has 0 aliphatic rings. The summed E-state index contributed by atoms with van der Waals surface area (Å²) in [6.45, 7) is 10.3. The van der Waals surface area contributed by atoms with Gasteiger partial charge in [-0.05, 0) is 12.3 Å². The summed E-state index contributed by atoms with van der Waals surface area (Å²) in [6.07, 6.45) is 2.22. The van der Waals surface area contributed by atoms with Gasteiger partial charge in [0.1, 0.15) is 0 Å². The summed E-state index contributed by atoms with van der Waals surface area (Å²) >= 11 is 1.47. The minimum Gasteiger partial charge on any atom is -0.392 e. The van der Waals surface area contributed by atoms with Crippen LogP contribution in [-0.4, -0.2) is 28.8 Å². The molecule has 5 nitrogen and oxygen atoms in total. The van der Waals surface area contributed by atoms with Gasteiger partial charge in [-0.15, -0.1) is 11.3 Å². The fourth-order valence-electron chi connectivity index (χ4n) is 1.99. The van der Waals surface area contributed by atoms with Crippen molar-refractivity contribution >= 4 is 22.5 Å². The Kier molecular flexibility index (Phi) is 5.95. The Balaban J connectivity index is 2.47. The molecule has 0 saturated carbocycles. The van der Waals surface area contributed by atoms with Crippen molar-refractivity contribution < 1.29 is 9.90 Å². The number of hydrogen-bond donors (Lipinski definition) is 3. The van der Waals surface area contributed by atoms with E-state index in [1.807, 2.05) is 34.6 Å². The van der Waals surface area contributed by atoms with Gasteiger partial charge < -0.3 is 10.4 Å². The Hall–Kier alpha value is -1.14. The Morgan fingerprint density at radius 3 is 2.65 bits per heavy atom. The van der Waals surface area contributed by atoms with Gasteiger partial charge in [-0.25, -0.2) is 9.78 Å². The molecular formula is C14H25N3O2S. The smallest absolute Gasteiger partial charge is 0.321 e. The average molecular weight is 299 g/mol. The molecule has 1 atom stereocenters. The summed E-state index contributed by atoms with van der Waals surface area (Å²) in [6, 6.07) is -0.286. The highest BCUT2D eigenvalue weighted by Crippen LogP contribution is 2.25. The summed E-state index contributed by atoms with van der Waals surface area (Å²) in [5.74, 6) is 0.154. The van der Waals surface area contributed by atoms with Crippen LogP contribution < -0.4 is 10.6 Å². The molecule has 0 radical (unpaired) electrons. The minimum atomic E-state index is -0.464. The van der Waals surface area contributed by atoms with Crippen LogP contribution in [0.15, 0.2) is 6.20 Å². The first kappa shape index (κ1) is 16.9. The lowest BCUT2D eigenvalue weighted by molar-refractivity contribution is 0.0154. The van der Waals surface area contributed by atoms with Crippen LogP contribution in [0.3, 0.4) is 0 Å². The largest absolute Gasteiger partial charge is 0.392 e. The normalized spacial score (nSPS) is 13.3. The second kappa shape index (κ2) is 7.04. The lowest BCUT2D eigenvalue weighted by Crippen LogP contribution is -2.44. The van der Waals surface area contributed by atoms with Crippen molar-refractivity contribution in [3.8, 4) is 0 Å². The van der Waals surface area contributed by atoms with Crippen LogP contribution in [0.25, 0.3) is 0 Å². The molecule has 1 unspecified atom stereocenters. The summed E-state index contributed by atoms with van der Waals surface area (Å²) in [5, 5.41) is 16.2. The number of aryl methyl sites for hydroxylation is 1. The Morgan fingerprint density at radius 2 is 2.15 bits per heavy atom. The molecule has 1 rings (SSSR count). The van der Waals surface area contributed by atoms with Crippen molar-refractivity contribution in [1.82, 2.24) is 10.3 Å². The number of aromatic nitrogens is 1. The highest BCUT2D eigenvalue weighted by molar-refractivity contribution is 7.15. The minimum absolute atomic E-state index is 0.154. The average Bonchev–Trinajstić information content (AvgIpc) is 2.83. The maximum Gasteiger partial charge on any atom is 0.321 e. The lowest BCUT2D eigenvalue weighted by Gasteiger charge is -2.33. The zero-order valence-corrected chi connectivity index (χ0v) is 13.7. The van der Waals surface area contributed by atoms with Crippen LogP contribution in [0, 0.1) is 11.3 Å². The fourth-order valence-corrected chi connectivity index (χ4v) is 2.73. The molecule has 0 bridgehead atoms. The molecular weight excluding hydrogens is 274 g/mol. The first-order chi connectivity index (χ1) is 9.26. The van der Waals surface area contributed by atoms with Crippen molar-refractivity contribution in [3.05, 3.63) is 11.1 Å². The van der Waals surface area contributed by atoms with E-state index in [4.69, 9.17) is 0 Å². The molecule has 0 aliphatic heterocycles. The molecule has 0 spiro atoms. The van der Waals surface area contributed by atoms with E-state index in [1.54, 1.807) is 6.20 Å². The van der Waals surface area contributed by atoms with Crippen molar-refractivity contribution in [2.45, 2.75) is 47.1 Å². The fraction of sp³-hybridized carbons (Fsp3) is 0.714. The summed E-state index contributed by atoms with van der Waals surface area (Å²) in [7, 11) is 0. The third-order valence-electron chi connectivity index (χ3n) is 3.26. The quantitative estimate of drug-likeness (QED) is 0.756. The van der Waals surface area contributed by atoms with E-state index in [1.165, 1.54) is 11.3 Å². The van der Waals surface area contributed by atoms with Crippen LogP contribution in [0.1, 0.15) is 39.5 Å². The van der Waals surface area contributed by atoms with Gasteiger partial charge in [0.15, 0.2) is 5.13 Å². The first-order valence-electron chi connectivity index (χ1n) is 6.94. The highest BCUT2D eigenvalue weighted by Gasteiger charge is 2.30. The number of amides is 2. The van der Waals surface area contributed by atoms with E-state index in [0.29, 0.717) is 11.7 Å². The number of nitrogens with one attached hydrogen (secondary N) is 2. The van der Waals surface area contributed by atoms with Gasteiger partial charge >= 0.3 is 6.03 Å². The number of carbonyl (C=O) groups is 1. The van der Waals surface area contributed by atoms with Gasteiger partial charge in [-0.1, -0.05) is 34.6 Å². The van der Waals surface area contributed by atoms with Gasteiger partial charge in [0.2, 0.25) is 0 Å². The molecule has 0 fully saturated rings. The topological polar surface area (TPSA) is 74.2 Å². The van der Waals surface area contributed by atoms with Crippen LogP contribution in [0.5, 0.6) is 0 Å². The second-order valence-corrected chi connectivity index (χ2v) is 7.09. The predicted molar refractivity (Wildman–Crippen MR) is 83.1 cm³/mol. The highest BCUT2D eigenvalue weighted by atomic mass is 32.1. The standard InChI is InChI=1S/C14H25N3O2S/c1-6-10-7-15-13(20-10)17-12(19)16-8-14(4,5)11(18)9(2)3/h7,9,11,18H,6,8H2,1-5H3,(H2,15,16,17,19). The van der Waals surface area contributed by atoms with Crippen molar-refractivity contribution in [2.75, 3.05) is 11.9 Å². The summed E-state index contributed by atoms with van der Waals surface area (Å²) in [4.78, 5) is 17.1. The number of urea groups is 1. The molecule has 3 N–H and O–H groups in total. The number of thiazole rings is 1. The Morgan fingerprint density at radius 1 is 1.50 bits per heavy atom. The molecule has 0 aromatic carbocycles. The van der Waals surface area contributed by atoms with E-state index in [9.17, 15) is 9.90 Å². The molecule has 20 heavy (non-hydrogen) atoms. The van der Waals surface area contributed by atoms with Crippen LogP contribution >= 0.6 is 11.3 Å².